The van der Waals surface area contributed by atoms with Crippen LogP contribution in [0, 0.1) is 0 Å². The van der Waals surface area contributed by atoms with E-state index in [-0.39, 0.29) is 55.6 Å². The molecule has 2 atom stereocenters. The Labute approximate surface area is 280 Å². The smallest absolute Gasteiger partial charge is 0.326 e. The summed E-state index contributed by atoms with van der Waals surface area (Å²) in [5, 5.41) is 49.1. The standard InChI is InChI=1S/C30H41N7O12/c31-37-36-20-16-18(27(44)32-13-5-1-3-7-23(38)34-21(29(46)47)9-11-25(40)41)15-19(17-20)28(45)33-14-6-2-4-8-24(39)35-22(30(48)49)10-12-26(42)43/h15-17,21-22H,1-14H2,(H,32,44)(H,33,45)(H,34,38)(H,35,39)(H,40,41)(H,42,43)(H,46,47)(H,48,49)/t21-,22-/m0/s1. The zero-order valence-corrected chi connectivity index (χ0v) is 26.7. The molecule has 0 aliphatic rings. The maximum Gasteiger partial charge on any atom is 0.326 e. The average Bonchev–Trinajstić information content (AvgIpc) is 3.03. The Kier molecular flexibility index (Phi) is 19.2. The first kappa shape index (κ1) is 41.3. The van der Waals surface area contributed by atoms with E-state index in [1.807, 2.05) is 0 Å². The number of hydrogen-bond acceptors (Lipinski definition) is 9. The number of carbonyl (C=O) groups excluding carboxylic acids is 4. The number of benzene rings is 1. The minimum absolute atomic E-state index is 0.0101. The molecule has 4 amide bonds. The minimum Gasteiger partial charge on any atom is -0.481 e. The van der Waals surface area contributed by atoms with Gasteiger partial charge < -0.3 is 41.7 Å². The molecule has 0 heterocycles. The Morgan fingerprint density at radius 2 is 1.02 bits per heavy atom. The topological polar surface area (TPSA) is 314 Å². The number of amides is 4. The maximum atomic E-state index is 12.7. The highest BCUT2D eigenvalue weighted by Gasteiger charge is 2.22. The molecule has 0 aromatic heterocycles. The van der Waals surface area contributed by atoms with Crippen LogP contribution in [0.3, 0.4) is 0 Å². The average molecular weight is 692 g/mol. The Balaban J connectivity index is 2.50. The Morgan fingerprint density at radius 3 is 1.37 bits per heavy atom. The summed E-state index contributed by atoms with van der Waals surface area (Å²) in [4.78, 5) is 95.9. The number of nitrogens with zero attached hydrogens (tertiary/aromatic N) is 3. The lowest BCUT2D eigenvalue weighted by atomic mass is 10.1. The van der Waals surface area contributed by atoms with Crippen molar-refractivity contribution in [1.82, 2.24) is 21.3 Å². The highest BCUT2D eigenvalue weighted by Crippen LogP contribution is 2.19. The summed E-state index contributed by atoms with van der Waals surface area (Å²) >= 11 is 0. The summed E-state index contributed by atoms with van der Waals surface area (Å²) in [6, 6.07) is 1.33. The van der Waals surface area contributed by atoms with Gasteiger partial charge in [-0.25, -0.2) is 9.59 Å². The summed E-state index contributed by atoms with van der Waals surface area (Å²) in [5.41, 5.74) is 9.00. The number of rotatable bonds is 25. The molecule has 0 saturated carbocycles. The fourth-order valence-electron chi connectivity index (χ4n) is 4.35. The Bertz CT molecular complexity index is 1320. The van der Waals surface area contributed by atoms with E-state index in [9.17, 15) is 38.4 Å². The summed E-state index contributed by atoms with van der Waals surface area (Å²) in [6.07, 6.45) is 1.45. The van der Waals surface area contributed by atoms with Crippen LogP contribution in [0.15, 0.2) is 23.3 Å². The molecule has 1 aromatic rings. The van der Waals surface area contributed by atoms with E-state index in [2.05, 4.69) is 31.3 Å². The van der Waals surface area contributed by atoms with E-state index < -0.39 is 72.4 Å². The number of aliphatic carboxylic acids is 4. The minimum atomic E-state index is -1.33. The first-order valence-corrected chi connectivity index (χ1v) is 15.5. The van der Waals surface area contributed by atoms with Crippen LogP contribution in [-0.2, 0) is 28.8 Å². The van der Waals surface area contributed by atoms with Crippen molar-refractivity contribution in [1.29, 1.82) is 0 Å². The zero-order valence-electron chi connectivity index (χ0n) is 26.7. The quantitative estimate of drug-likeness (QED) is 0.0316. The molecule has 0 saturated heterocycles. The van der Waals surface area contributed by atoms with Gasteiger partial charge in [-0.05, 0) is 62.3 Å². The van der Waals surface area contributed by atoms with Crippen molar-refractivity contribution in [3.05, 3.63) is 39.8 Å². The second-order valence-corrected chi connectivity index (χ2v) is 10.9. The molecular formula is C30H41N7O12. The number of azide groups is 1. The summed E-state index contributed by atoms with van der Waals surface area (Å²) in [5.74, 6) is -7.17. The van der Waals surface area contributed by atoms with Crippen molar-refractivity contribution in [2.75, 3.05) is 13.1 Å². The van der Waals surface area contributed by atoms with Crippen LogP contribution >= 0.6 is 0 Å². The van der Waals surface area contributed by atoms with E-state index in [4.69, 9.17) is 26.0 Å². The van der Waals surface area contributed by atoms with Gasteiger partial charge >= 0.3 is 23.9 Å². The normalized spacial score (nSPS) is 11.6. The molecule has 0 unspecified atom stereocenters. The first-order valence-electron chi connectivity index (χ1n) is 15.5. The second kappa shape index (κ2) is 22.8. The highest BCUT2D eigenvalue weighted by atomic mass is 16.4. The van der Waals surface area contributed by atoms with Crippen LogP contribution in [-0.4, -0.2) is 93.1 Å². The molecule has 0 radical (unpaired) electrons. The zero-order chi connectivity index (χ0) is 36.8. The van der Waals surface area contributed by atoms with Gasteiger partial charge in [0.05, 0.1) is 0 Å². The van der Waals surface area contributed by atoms with Gasteiger partial charge in [0.25, 0.3) is 11.8 Å². The number of carboxylic acids is 4. The molecule has 268 valence electrons. The van der Waals surface area contributed by atoms with Crippen LogP contribution in [0.2, 0.25) is 0 Å². The Morgan fingerprint density at radius 1 is 0.612 bits per heavy atom. The van der Waals surface area contributed by atoms with Crippen LogP contribution in [0.1, 0.15) is 97.8 Å². The van der Waals surface area contributed by atoms with E-state index in [0.29, 0.717) is 38.5 Å². The van der Waals surface area contributed by atoms with E-state index in [1.54, 1.807) is 0 Å². The van der Waals surface area contributed by atoms with Crippen molar-refractivity contribution in [3.8, 4) is 0 Å². The molecule has 1 aromatic carbocycles. The van der Waals surface area contributed by atoms with Gasteiger partial charge in [-0.15, -0.1) is 0 Å². The number of carboxylic acid groups (broad SMARTS) is 4. The Hall–Kier alpha value is -5.71. The van der Waals surface area contributed by atoms with E-state index >= 15 is 0 Å². The molecular weight excluding hydrogens is 650 g/mol. The molecule has 0 bridgehead atoms. The SMILES string of the molecule is [N-]=[N+]=Nc1cc(C(=O)NCCCCCC(=O)N[C@@H](CCC(=O)O)C(=O)O)cc(C(=O)NCCCCCC(=O)N[C@@H](CCC(=O)O)C(=O)O)c1. The predicted octanol–water partition coefficient (Wildman–Crippen LogP) is 2.08. The van der Waals surface area contributed by atoms with Gasteiger partial charge in [0.1, 0.15) is 12.1 Å². The van der Waals surface area contributed by atoms with Crippen LogP contribution in [0.4, 0.5) is 5.69 Å². The largest absolute Gasteiger partial charge is 0.481 e. The van der Waals surface area contributed by atoms with E-state index in [0.717, 1.165) is 0 Å². The monoisotopic (exact) mass is 691 g/mol. The van der Waals surface area contributed by atoms with Crippen molar-refractivity contribution in [2.45, 2.75) is 89.1 Å². The van der Waals surface area contributed by atoms with E-state index in [1.165, 1.54) is 18.2 Å². The fourth-order valence-corrected chi connectivity index (χ4v) is 4.35. The van der Waals surface area contributed by atoms with Gasteiger partial charge in [0, 0.05) is 60.5 Å². The lowest BCUT2D eigenvalue weighted by molar-refractivity contribution is -0.144. The summed E-state index contributed by atoms with van der Waals surface area (Å²) < 4.78 is 0. The lowest BCUT2D eigenvalue weighted by Crippen LogP contribution is -2.41. The molecule has 0 fully saturated rings. The molecule has 49 heavy (non-hydrogen) atoms. The molecule has 0 spiro atoms. The molecule has 1 rings (SSSR count). The number of carbonyl (C=O) groups is 8. The molecule has 8 N–H and O–H groups in total. The molecule has 0 aliphatic carbocycles. The van der Waals surface area contributed by atoms with Crippen molar-refractivity contribution in [3.63, 3.8) is 0 Å². The van der Waals surface area contributed by atoms with Crippen molar-refractivity contribution < 1.29 is 58.8 Å². The molecule has 19 heteroatoms. The first-order chi connectivity index (χ1) is 23.2. The van der Waals surface area contributed by atoms with Gasteiger partial charge in [-0.1, -0.05) is 18.0 Å². The predicted molar refractivity (Wildman–Crippen MR) is 170 cm³/mol. The van der Waals surface area contributed by atoms with Gasteiger partial charge in [-0.2, -0.15) is 0 Å². The summed E-state index contributed by atoms with van der Waals surface area (Å²) in [7, 11) is 0. The molecule has 0 aliphatic heterocycles. The number of nitrogens with one attached hydrogen (secondary N) is 4. The van der Waals surface area contributed by atoms with Crippen LogP contribution in [0.25, 0.3) is 10.4 Å². The van der Waals surface area contributed by atoms with Crippen molar-refractivity contribution >= 4 is 53.2 Å². The molecule has 19 nitrogen and oxygen atoms in total. The maximum absolute atomic E-state index is 12.7. The summed E-state index contributed by atoms with van der Waals surface area (Å²) in [6.45, 7) is 0.419. The van der Waals surface area contributed by atoms with Gasteiger partial charge in [0.15, 0.2) is 0 Å². The fraction of sp³-hybridized carbons (Fsp3) is 0.533. The van der Waals surface area contributed by atoms with Crippen molar-refractivity contribution in [2.24, 2.45) is 5.11 Å². The van der Waals surface area contributed by atoms with Gasteiger partial charge in [-0.3, -0.25) is 28.8 Å². The van der Waals surface area contributed by atoms with Crippen LogP contribution < -0.4 is 21.3 Å². The third-order valence-electron chi connectivity index (χ3n) is 6.90. The highest BCUT2D eigenvalue weighted by molar-refractivity contribution is 6.01. The second-order valence-electron chi connectivity index (χ2n) is 10.9. The van der Waals surface area contributed by atoms with Crippen LogP contribution in [0.5, 0.6) is 0 Å². The number of hydrogen-bond donors (Lipinski definition) is 8. The third kappa shape index (κ3) is 18.3. The van der Waals surface area contributed by atoms with Gasteiger partial charge in [0.2, 0.25) is 11.8 Å². The third-order valence-corrected chi connectivity index (χ3v) is 6.90. The lowest BCUT2D eigenvalue weighted by Gasteiger charge is -2.13. The number of unbranched alkanes of at least 4 members (excludes halogenated alkanes) is 4.